The Labute approximate surface area is 184 Å². The van der Waals surface area contributed by atoms with Crippen LogP contribution in [0.3, 0.4) is 0 Å². The Morgan fingerprint density at radius 2 is 1.48 bits per heavy atom. The number of carbonyl (C=O) groups excluding carboxylic acids is 1. The van der Waals surface area contributed by atoms with E-state index in [0.717, 1.165) is 56.2 Å². The summed E-state index contributed by atoms with van der Waals surface area (Å²) < 4.78 is 5.97. The number of hydrogen-bond acceptors (Lipinski definition) is 3. The Hall–Kier alpha value is -3.31. The van der Waals surface area contributed by atoms with Crippen LogP contribution in [0.4, 0.5) is 4.79 Å². The smallest absolute Gasteiger partial charge is 0.317 e. The van der Waals surface area contributed by atoms with Crippen molar-refractivity contribution in [2.24, 2.45) is 0 Å². The Bertz CT molecular complexity index is 963. The van der Waals surface area contributed by atoms with Gasteiger partial charge in [0.2, 0.25) is 0 Å². The molecule has 2 amide bonds. The van der Waals surface area contributed by atoms with E-state index in [1.54, 1.807) is 0 Å². The number of hydrogen-bond donors (Lipinski definition) is 1. The molecule has 0 bridgehead atoms. The molecule has 3 aromatic rings. The molecule has 0 saturated carbocycles. The second-order valence-electron chi connectivity index (χ2n) is 7.82. The molecule has 0 radical (unpaired) electrons. The van der Waals surface area contributed by atoms with E-state index >= 15 is 0 Å². The minimum absolute atomic E-state index is 0.0176. The maximum Gasteiger partial charge on any atom is 0.317 e. The molecule has 5 heteroatoms. The zero-order chi connectivity index (χ0) is 21.3. The molecule has 31 heavy (non-hydrogen) atoms. The molecule has 0 spiro atoms. The Balaban J connectivity index is 1.28. The monoisotopic (exact) mass is 415 g/mol. The zero-order valence-electron chi connectivity index (χ0n) is 17.7. The third kappa shape index (κ3) is 6.33. The first-order chi connectivity index (χ1) is 15.3. The van der Waals surface area contributed by atoms with Gasteiger partial charge in [-0.1, -0.05) is 60.7 Å². The maximum absolute atomic E-state index is 12.6. The van der Waals surface area contributed by atoms with Crippen molar-refractivity contribution in [3.05, 3.63) is 96.1 Å². The topological polar surface area (TPSA) is 44.8 Å². The molecular weight excluding hydrogens is 386 g/mol. The van der Waals surface area contributed by atoms with E-state index in [1.807, 2.05) is 77.7 Å². The van der Waals surface area contributed by atoms with Gasteiger partial charge < -0.3 is 15.0 Å². The molecule has 0 atom stereocenters. The van der Waals surface area contributed by atoms with Crippen molar-refractivity contribution in [3.63, 3.8) is 0 Å². The number of rotatable bonds is 6. The molecule has 1 aliphatic rings. The van der Waals surface area contributed by atoms with E-state index in [9.17, 15) is 4.79 Å². The van der Waals surface area contributed by atoms with E-state index in [4.69, 9.17) is 4.74 Å². The number of benzene rings is 3. The van der Waals surface area contributed by atoms with Crippen LogP contribution in [0.15, 0.2) is 84.9 Å². The molecule has 1 N–H and O–H groups in total. The minimum Gasteiger partial charge on any atom is -0.457 e. The highest BCUT2D eigenvalue weighted by atomic mass is 16.5. The van der Waals surface area contributed by atoms with Crippen molar-refractivity contribution in [3.8, 4) is 11.5 Å². The Morgan fingerprint density at radius 3 is 2.29 bits per heavy atom. The summed E-state index contributed by atoms with van der Waals surface area (Å²) in [5.74, 6) is 1.69. The third-order valence-corrected chi connectivity index (χ3v) is 5.45. The van der Waals surface area contributed by atoms with E-state index in [1.165, 1.54) is 5.56 Å². The van der Waals surface area contributed by atoms with Crippen molar-refractivity contribution >= 4 is 6.03 Å². The highest BCUT2D eigenvalue weighted by Gasteiger charge is 2.19. The van der Waals surface area contributed by atoms with E-state index in [0.29, 0.717) is 6.54 Å². The predicted molar refractivity (Wildman–Crippen MR) is 123 cm³/mol. The fourth-order valence-corrected chi connectivity index (χ4v) is 3.81. The summed E-state index contributed by atoms with van der Waals surface area (Å²) in [6.45, 7) is 4.78. The van der Waals surface area contributed by atoms with Crippen molar-refractivity contribution < 1.29 is 9.53 Å². The fraction of sp³-hybridized carbons (Fsp3) is 0.269. The number of ether oxygens (including phenoxy) is 1. The van der Waals surface area contributed by atoms with Gasteiger partial charge in [-0.15, -0.1) is 0 Å². The predicted octanol–water partition coefficient (Wildman–Crippen LogP) is 4.90. The highest BCUT2D eigenvalue weighted by Crippen LogP contribution is 2.22. The third-order valence-electron chi connectivity index (χ3n) is 5.45. The first-order valence-corrected chi connectivity index (χ1v) is 10.9. The van der Waals surface area contributed by atoms with Gasteiger partial charge in [0, 0.05) is 39.3 Å². The van der Waals surface area contributed by atoms with Gasteiger partial charge in [-0.05, 0) is 41.8 Å². The van der Waals surface area contributed by atoms with Crippen molar-refractivity contribution in [2.45, 2.75) is 19.5 Å². The number of para-hydroxylation sites is 1. The first-order valence-electron chi connectivity index (χ1n) is 10.9. The summed E-state index contributed by atoms with van der Waals surface area (Å²) in [5.41, 5.74) is 2.33. The van der Waals surface area contributed by atoms with Gasteiger partial charge in [0.1, 0.15) is 11.5 Å². The van der Waals surface area contributed by atoms with Crippen LogP contribution in [0.1, 0.15) is 17.5 Å². The lowest BCUT2D eigenvalue weighted by Crippen LogP contribution is -2.41. The van der Waals surface area contributed by atoms with Gasteiger partial charge in [0.05, 0.1) is 0 Å². The molecule has 3 aromatic carbocycles. The summed E-state index contributed by atoms with van der Waals surface area (Å²) in [6, 6.07) is 28.1. The normalized spacial score (nSPS) is 14.6. The largest absolute Gasteiger partial charge is 0.457 e. The lowest BCUT2D eigenvalue weighted by molar-refractivity contribution is 0.197. The molecule has 0 aliphatic carbocycles. The standard InChI is InChI=1S/C26H29N3O2/c30-26(27-20-22-9-3-1-4-10-22)29-16-8-15-28(17-18-29)21-23-11-7-14-25(19-23)31-24-12-5-2-6-13-24/h1-7,9-14,19H,8,15-18,20-21H2,(H,27,30). The van der Waals surface area contributed by atoms with Crippen LogP contribution in [0.2, 0.25) is 0 Å². The lowest BCUT2D eigenvalue weighted by atomic mass is 10.2. The average molecular weight is 416 g/mol. The van der Waals surface area contributed by atoms with Crippen LogP contribution in [0, 0.1) is 0 Å². The number of nitrogens with one attached hydrogen (secondary N) is 1. The van der Waals surface area contributed by atoms with Crippen LogP contribution >= 0.6 is 0 Å². The van der Waals surface area contributed by atoms with E-state index in [2.05, 4.69) is 22.3 Å². The van der Waals surface area contributed by atoms with Crippen LogP contribution in [-0.4, -0.2) is 42.0 Å². The minimum atomic E-state index is 0.0176. The molecule has 1 heterocycles. The van der Waals surface area contributed by atoms with E-state index < -0.39 is 0 Å². The van der Waals surface area contributed by atoms with Gasteiger partial charge in [-0.2, -0.15) is 0 Å². The Kier molecular flexibility index (Phi) is 7.19. The number of carbonyl (C=O) groups is 1. The lowest BCUT2D eigenvalue weighted by Gasteiger charge is -2.22. The molecule has 160 valence electrons. The van der Waals surface area contributed by atoms with Crippen LogP contribution in [0.25, 0.3) is 0 Å². The highest BCUT2D eigenvalue weighted by molar-refractivity contribution is 5.74. The molecule has 1 fully saturated rings. The summed E-state index contributed by atoms with van der Waals surface area (Å²) in [4.78, 5) is 16.9. The molecule has 4 rings (SSSR count). The van der Waals surface area contributed by atoms with Crippen molar-refractivity contribution in [1.82, 2.24) is 15.1 Å². The molecule has 1 saturated heterocycles. The zero-order valence-corrected chi connectivity index (χ0v) is 17.7. The maximum atomic E-state index is 12.6. The van der Waals surface area contributed by atoms with Gasteiger partial charge in [0.25, 0.3) is 0 Å². The average Bonchev–Trinajstić information content (AvgIpc) is 3.05. The van der Waals surface area contributed by atoms with Crippen molar-refractivity contribution in [1.29, 1.82) is 0 Å². The SMILES string of the molecule is O=C(NCc1ccccc1)N1CCCN(Cc2cccc(Oc3ccccc3)c2)CC1. The molecule has 0 unspecified atom stereocenters. The second kappa shape index (κ2) is 10.6. The molecular formula is C26H29N3O2. The quantitative estimate of drug-likeness (QED) is 0.623. The second-order valence-corrected chi connectivity index (χ2v) is 7.82. The number of nitrogens with zero attached hydrogens (tertiary/aromatic N) is 2. The summed E-state index contributed by atoms with van der Waals surface area (Å²) in [7, 11) is 0. The molecule has 0 aromatic heterocycles. The van der Waals surface area contributed by atoms with Gasteiger partial charge in [0.15, 0.2) is 0 Å². The van der Waals surface area contributed by atoms with Crippen LogP contribution in [-0.2, 0) is 13.1 Å². The molecule has 1 aliphatic heterocycles. The van der Waals surface area contributed by atoms with E-state index in [-0.39, 0.29) is 6.03 Å². The number of amides is 2. The van der Waals surface area contributed by atoms with Gasteiger partial charge >= 0.3 is 6.03 Å². The molecule has 5 nitrogen and oxygen atoms in total. The summed E-state index contributed by atoms with van der Waals surface area (Å²) in [5, 5.41) is 3.04. The number of urea groups is 1. The van der Waals surface area contributed by atoms with Crippen LogP contribution in [0.5, 0.6) is 11.5 Å². The van der Waals surface area contributed by atoms with Gasteiger partial charge in [-0.3, -0.25) is 4.90 Å². The summed E-state index contributed by atoms with van der Waals surface area (Å²) >= 11 is 0. The van der Waals surface area contributed by atoms with Crippen LogP contribution < -0.4 is 10.1 Å². The fourth-order valence-electron chi connectivity index (χ4n) is 3.81. The van der Waals surface area contributed by atoms with Gasteiger partial charge in [-0.25, -0.2) is 4.79 Å². The first kappa shape index (κ1) is 20.9. The Morgan fingerprint density at radius 1 is 0.774 bits per heavy atom. The van der Waals surface area contributed by atoms with Crippen molar-refractivity contribution in [2.75, 3.05) is 26.2 Å². The summed E-state index contributed by atoms with van der Waals surface area (Å²) in [6.07, 6.45) is 0.971.